The second-order valence-corrected chi connectivity index (χ2v) is 9.23. The topological polar surface area (TPSA) is 110 Å². The Balaban J connectivity index is 1.18. The quantitative estimate of drug-likeness (QED) is 0.465. The molecule has 1 aromatic carbocycles. The lowest BCUT2D eigenvalue weighted by atomic mass is 9.81. The van der Waals surface area contributed by atoms with Gasteiger partial charge in [0.05, 0.1) is 16.8 Å². The van der Waals surface area contributed by atoms with Crippen LogP contribution in [0.4, 0.5) is 11.4 Å². The van der Waals surface area contributed by atoms with Crippen molar-refractivity contribution in [3.63, 3.8) is 0 Å². The van der Waals surface area contributed by atoms with E-state index < -0.39 is 4.92 Å². The van der Waals surface area contributed by atoms with Gasteiger partial charge in [0.2, 0.25) is 17.7 Å². The molecule has 3 aliphatic carbocycles. The molecule has 1 aliphatic heterocycles. The van der Waals surface area contributed by atoms with Crippen LogP contribution in [0, 0.1) is 39.7 Å². The summed E-state index contributed by atoms with van der Waals surface area (Å²) in [4.78, 5) is 50.4. The Kier molecular flexibility index (Phi) is 4.60. The summed E-state index contributed by atoms with van der Waals surface area (Å²) in [5.41, 5.74) is 0.507. The Morgan fingerprint density at radius 2 is 1.50 bits per heavy atom. The first-order valence-electron chi connectivity index (χ1n) is 10.9. The highest BCUT2D eigenvalue weighted by molar-refractivity contribution is 6.06. The first-order chi connectivity index (χ1) is 14.4. The molecule has 2 bridgehead atoms. The molecule has 158 valence electrons. The predicted octanol–water partition coefficient (Wildman–Crippen LogP) is 3.12. The SMILES string of the molecule is O=C(Nc1ccc([N+](=O)[O-])cc1)C1CCC(N2C(=O)[C@H]3[C@H]4CC[C@@H](C4)[C@@H]3C2=O)CC1. The van der Waals surface area contributed by atoms with Gasteiger partial charge in [0, 0.05) is 29.8 Å². The average molecular weight is 411 g/mol. The summed E-state index contributed by atoms with van der Waals surface area (Å²) in [6, 6.07) is 5.69. The Morgan fingerprint density at radius 1 is 0.933 bits per heavy atom. The summed E-state index contributed by atoms with van der Waals surface area (Å²) in [5.74, 6) is 0.400. The molecule has 0 radical (unpaired) electrons. The molecule has 1 saturated heterocycles. The number of nitro groups is 1. The van der Waals surface area contributed by atoms with Crippen molar-refractivity contribution in [3.8, 4) is 0 Å². The average Bonchev–Trinajstić information content (AvgIpc) is 3.42. The lowest BCUT2D eigenvalue weighted by Gasteiger charge is -2.33. The van der Waals surface area contributed by atoms with Gasteiger partial charge in [0.1, 0.15) is 0 Å². The fourth-order valence-electron chi connectivity index (χ4n) is 6.30. The van der Waals surface area contributed by atoms with Gasteiger partial charge in [-0.2, -0.15) is 0 Å². The summed E-state index contributed by atoms with van der Waals surface area (Å²) in [7, 11) is 0. The molecule has 0 spiro atoms. The molecule has 4 aliphatic rings. The van der Waals surface area contributed by atoms with E-state index in [0.29, 0.717) is 43.2 Å². The number of hydrogen-bond donors (Lipinski definition) is 1. The third-order valence-corrected chi connectivity index (χ3v) is 7.74. The molecule has 5 rings (SSSR count). The van der Waals surface area contributed by atoms with E-state index in [9.17, 15) is 24.5 Å². The van der Waals surface area contributed by atoms with Crippen LogP contribution in [0.5, 0.6) is 0 Å². The van der Waals surface area contributed by atoms with Crippen LogP contribution in [0.25, 0.3) is 0 Å². The zero-order valence-electron chi connectivity index (χ0n) is 16.7. The number of nitrogens with zero attached hydrogens (tertiary/aromatic N) is 2. The highest BCUT2D eigenvalue weighted by atomic mass is 16.6. The number of rotatable bonds is 4. The lowest BCUT2D eigenvalue weighted by Crippen LogP contribution is -2.44. The van der Waals surface area contributed by atoms with Crippen LogP contribution in [0.1, 0.15) is 44.9 Å². The maximum atomic E-state index is 13.0. The zero-order valence-corrected chi connectivity index (χ0v) is 16.7. The number of non-ortho nitro benzene ring substituents is 1. The number of fused-ring (bicyclic) bond motifs is 5. The minimum Gasteiger partial charge on any atom is -0.326 e. The predicted molar refractivity (Wildman–Crippen MR) is 107 cm³/mol. The van der Waals surface area contributed by atoms with Crippen LogP contribution in [0.3, 0.4) is 0 Å². The van der Waals surface area contributed by atoms with Gasteiger partial charge in [-0.05, 0) is 68.9 Å². The van der Waals surface area contributed by atoms with Crippen LogP contribution in [-0.2, 0) is 14.4 Å². The maximum absolute atomic E-state index is 13.0. The molecule has 3 saturated carbocycles. The van der Waals surface area contributed by atoms with E-state index in [4.69, 9.17) is 0 Å². The van der Waals surface area contributed by atoms with Crippen LogP contribution in [-0.4, -0.2) is 33.6 Å². The molecule has 3 amide bonds. The first kappa shape index (κ1) is 19.2. The number of benzene rings is 1. The highest BCUT2D eigenvalue weighted by Crippen LogP contribution is 2.56. The van der Waals surface area contributed by atoms with E-state index in [1.165, 1.54) is 24.3 Å². The lowest BCUT2D eigenvalue weighted by molar-refractivity contribution is -0.384. The third kappa shape index (κ3) is 3.00. The molecular formula is C22H25N3O5. The monoisotopic (exact) mass is 411 g/mol. The van der Waals surface area contributed by atoms with Crippen molar-refractivity contribution in [2.24, 2.45) is 29.6 Å². The molecule has 8 heteroatoms. The van der Waals surface area contributed by atoms with Crippen molar-refractivity contribution in [1.29, 1.82) is 0 Å². The van der Waals surface area contributed by atoms with Gasteiger partial charge >= 0.3 is 0 Å². The fourth-order valence-corrected chi connectivity index (χ4v) is 6.30. The van der Waals surface area contributed by atoms with Gasteiger partial charge in [-0.3, -0.25) is 29.4 Å². The molecule has 0 unspecified atom stereocenters. The van der Waals surface area contributed by atoms with Crippen LogP contribution < -0.4 is 5.32 Å². The Labute approximate surface area is 174 Å². The second-order valence-electron chi connectivity index (χ2n) is 9.23. The molecule has 8 nitrogen and oxygen atoms in total. The minimum atomic E-state index is -0.479. The van der Waals surface area contributed by atoms with Gasteiger partial charge in [0.15, 0.2) is 0 Å². The summed E-state index contributed by atoms with van der Waals surface area (Å²) < 4.78 is 0. The van der Waals surface area contributed by atoms with Crippen molar-refractivity contribution in [3.05, 3.63) is 34.4 Å². The number of carbonyl (C=O) groups is 3. The first-order valence-corrected chi connectivity index (χ1v) is 10.9. The van der Waals surface area contributed by atoms with Crippen LogP contribution in [0.2, 0.25) is 0 Å². The summed E-state index contributed by atoms with van der Waals surface area (Å²) >= 11 is 0. The molecule has 1 aromatic rings. The number of likely N-dealkylation sites (tertiary alicyclic amines) is 1. The standard InChI is InChI=1S/C22H25N3O5/c26-20(23-15-5-9-17(10-6-15)25(29)30)12-3-7-16(8-4-12)24-21(27)18-13-1-2-14(11-13)19(18)22(24)28/h5-6,9-10,12-14,16,18-19H,1-4,7-8,11H2,(H,23,26)/t12?,13-,14-,16?,18-,19-/m0/s1. The smallest absolute Gasteiger partial charge is 0.269 e. The third-order valence-electron chi connectivity index (χ3n) is 7.74. The van der Waals surface area contributed by atoms with E-state index in [1.807, 2.05) is 0 Å². The van der Waals surface area contributed by atoms with Crippen molar-refractivity contribution < 1.29 is 19.3 Å². The number of anilines is 1. The number of imide groups is 1. The molecule has 1 heterocycles. The summed E-state index contributed by atoms with van der Waals surface area (Å²) in [6.07, 6.45) is 5.76. The van der Waals surface area contributed by atoms with Crippen molar-refractivity contribution >= 4 is 29.1 Å². The zero-order chi connectivity index (χ0) is 21.0. The number of hydrogen-bond acceptors (Lipinski definition) is 5. The molecule has 1 N–H and O–H groups in total. The maximum Gasteiger partial charge on any atom is 0.269 e. The van der Waals surface area contributed by atoms with E-state index in [-0.39, 0.29) is 47.2 Å². The van der Waals surface area contributed by atoms with Crippen LogP contribution in [0.15, 0.2) is 24.3 Å². The largest absolute Gasteiger partial charge is 0.326 e. The summed E-state index contributed by atoms with van der Waals surface area (Å²) in [5, 5.41) is 13.6. The van der Waals surface area contributed by atoms with Crippen molar-refractivity contribution in [2.45, 2.75) is 51.0 Å². The number of carbonyl (C=O) groups excluding carboxylic acids is 3. The number of amides is 3. The fraction of sp³-hybridized carbons (Fsp3) is 0.591. The van der Waals surface area contributed by atoms with Crippen molar-refractivity contribution in [1.82, 2.24) is 4.90 Å². The minimum absolute atomic E-state index is 0.0216. The number of nitro benzene ring substituents is 1. The van der Waals surface area contributed by atoms with Gasteiger partial charge < -0.3 is 5.32 Å². The van der Waals surface area contributed by atoms with E-state index in [0.717, 1.165) is 19.3 Å². The van der Waals surface area contributed by atoms with Gasteiger partial charge in [-0.1, -0.05) is 0 Å². The van der Waals surface area contributed by atoms with E-state index in [1.54, 1.807) is 4.90 Å². The Bertz CT molecular complexity index is 878. The van der Waals surface area contributed by atoms with E-state index >= 15 is 0 Å². The summed E-state index contributed by atoms with van der Waals surface area (Å²) in [6.45, 7) is 0. The van der Waals surface area contributed by atoms with Gasteiger partial charge in [-0.15, -0.1) is 0 Å². The second kappa shape index (κ2) is 7.18. The molecule has 4 atom stereocenters. The molecule has 4 fully saturated rings. The van der Waals surface area contributed by atoms with Gasteiger partial charge in [0.25, 0.3) is 5.69 Å². The van der Waals surface area contributed by atoms with Crippen molar-refractivity contribution in [2.75, 3.05) is 5.32 Å². The molecule has 0 aromatic heterocycles. The normalized spacial score (nSPS) is 34.9. The van der Waals surface area contributed by atoms with Gasteiger partial charge in [-0.25, -0.2) is 0 Å². The molecule has 30 heavy (non-hydrogen) atoms. The Morgan fingerprint density at radius 3 is 2.03 bits per heavy atom. The van der Waals surface area contributed by atoms with E-state index in [2.05, 4.69) is 5.32 Å². The van der Waals surface area contributed by atoms with Crippen LogP contribution >= 0.6 is 0 Å². The highest BCUT2D eigenvalue weighted by Gasteiger charge is 2.61. The molecular weight excluding hydrogens is 386 g/mol. The Hall–Kier alpha value is -2.77. The number of nitrogens with one attached hydrogen (secondary N) is 1.